The summed E-state index contributed by atoms with van der Waals surface area (Å²) >= 11 is 0. The maximum absolute atomic E-state index is 4.44. The van der Waals surface area contributed by atoms with E-state index in [1.807, 2.05) is 36.5 Å². The molecule has 2 aromatic rings. The van der Waals surface area contributed by atoms with Crippen LogP contribution in [0, 0.1) is 0 Å². The molecule has 2 heterocycles. The van der Waals surface area contributed by atoms with E-state index >= 15 is 0 Å². The second kappa shape index (κ2) is 4.55. The van der Waals surface area contributed by atoms with Crippen molar-refractivity contribution >= 4 is 11.5 Å². The molecule has 17 heavy (non-hydrogen) atoms. The van der Waals surface area contributed by atoms with Crippen LogP contribution in [0.25, 0.3) is 0 Å². The first-order valence-corrected chi connectivity index (χ1v) is 5.92. The summed E-state index contributed by atoms with van der Waals surface area (Å²) in [5.41, 5.74) is 3.79. The molecule has 0 radical (unpaired) electrons. The van der Waals surface area contributed by atoms with E-state index in [-0.39, 0.29) is 0 Å². The number of pyridine rings is 1. The predicted octanol–water partition coefficient (Wildman–Crippen LogP) is 2.47. The summed E-state index contributed by atoms with van der Waals surface area (Å²) in [6.07, 6.45) is 3.05. The van der Waals surface area contributed by atoms with Crippen LogP contribution in [-0.4, -0.2) is 11.5 Å². The van der Waals surface area contributed by atoms with E-state index in [2.05, 4.69) is 21.7 Å². The van der Waals surface area contributed by atoms with Crippen LogP contribution in [0.15, 0.2) is 42.6 Å². The van der Waals surface area contributed by atoms with Crippen LogP contribution in [0.3, 0.4) is 0 Å². The molecule has 0 atom stereocenters. The Morgan fingerprint density at radius 1 is 1.12 bits per heavy atom. The smallest absolute Gasteiger partial charge is 0.130 e. The van der Waals surface area contributed by atoms with Crippen LogP contribution in [0.5, 0.6) is 0 Å². The quantitative estimate of drug-likeness (QED) is 0.824. The lowest BCUT2D eigenvalue weighted by Gasteiger charge is -2.17. The topological polar surface area (TPSA) is 37.0 Å². The van der Waals surface area contributed by atoms with Gasteiger partial charge >= 0.3 is 0 Å². The number of hydrogen-bond donors (Lipinski definition) is 2. The van der Waals surface area contributed by atoms with Crippen LogP contribution in [-0.2, 0) is 13.0 Å². The molecule has 3 rings (SSSR count). The predicted molar refractivity (Wildman–Crippen MR) is 69.4 cm³/mol. The molecule has 3 heteroatoms. The Balaban J connectivity index is 1.84. The van der Waals surface area contributed by atoms with Crippen LogP contribution >= 0.6 is 0 Å². The van der Waals surface area contributed by atoms with Gasteiger partial charge in [-0.15, -0.1) is 0 Å². The van der Waals surface area contributed by atoms with Gasteiger partial charge in [-0.2, -0.15) is 0 Å². The van der Waals surface area contributed by atoms with Crippen molar-refractivity contribution in [2.75, 3.05) is 11.9 Å². The summed E-state index contributed by atoms with van der Waals surface area (Å²) in [5.74, 6) is 0.928. The SMILES string of the molecule is c1ccc(Nc2cc3c(cn2)CNCC3)cc1. The fourth-order valence-electron chi connectivity index (χ4n) is 2.10. The molecular weight excluding hydrogens is 210 g/mol. The van der Waals surface area contributed by atoms with Gasteiger partial charge in [-0.05, 0) is 42.3 Å². The van der Waals surface area contributed by atoms with Crippen molar-refractivity contribution in [3.63, 3.8) is 0 Å². The van der Waals surface area contributed by atoms with E-state index in [1.54, 1.807) is 0 Å². The van der Waals surface area contributed by atoms with Crippen LogP contribution in [0.1, 0.15) is 11.1 Å². The Morgan fingerprint density at radius 2 is 2.00 bits per heavy atom. The number of aromatic nitrogens is 1. The highest BCUT2D eigenvalue weighted by Gasteiger charge is 2.09. The van der Waals surface area contributed by atoms with Crippen molar-refractivity contribution in [3.05, 3.63) is 53.7 Å². The molecule has 86 valence electrons. The number of benzene rings is 1. The number of rotatable bonds is 2. The molecule has 0 saturated heterocycles. The van der Waals surface area contributed by atoms with Crippen LogP contribution < -0.4 is 10.6 Å². The first-order valence-electron chi connectivity index (χ1n) is 5.92. The van der Waals surface area contributed by atoms with Gasteiger partial charge in [0.2, 0.25) is 0 Å². The average Bonchev–Trinajstić information content (AvgIpc) is 2.40. The minimum atomic E-state index is 0.928. The molecule has 0 unspecified atom stereocenters. The minimum Gasteiger partial charge on any atom is -0.340 e. The van der Waals surface area contributed by atoms with Gasteiger partial charge in [0.15, 0.2) is 0 Å². The van der Waals surface area contributed by atoms with E-state index in [0.29, 0.717) is 0 Å². The lowest BCUT2D eigenvalue weighted by atomic mass is 10.0. The maximum atomic E-state index is 4.44. The van der Waals surface area contributed by atoms with Gasteiger partial charge in [-0.1, -0.05) is 18.2 Å². The molecule has 1 aliphatic rings. The van der Waals surface area contributed by atoms with Gasteiger partial charge < -0.3 is 10.6 Å². The fourth-order valence-corrected chi connectivity index (χ4v) is 2.10. The minimum absolute atomic E-state index is 0.928. The van der Waals surface area contributed by atoms with Gasteiger partial charge in [0.05, 0.1) is 0 Å². The second-order valence-corrected chi connectivity index (χ2v) is 4.26. The molecule has 0 aliphatic carbocycles. The van der Waals surface area contributed by atoms with Crippen molar-refractivity contribution in [2.45, 2.75) is 13.0 Å². The summed E-state index contributed by atoms with van der Waals surface area (Å²) in [6.45, 7) is 2.00. The first kappa shape index (κ1) is 10.3. The highest BCUT2D eigenvalue weighted by Crippen LogP contribution is 2.19. The highest BCUT2D eigenvalue weighted by atomic mass is 15.0. The van der Waals surface area contributed by atoms with Crippen molar-refractivity contribution in [3.8, 4) is 0 Å². The number of nitrogens with zero attached hydrogens (tertiary/aromatic N) is 1. The summed E-state index contributed by atoms with van der Waals surface area (Å²) in [5, 5.41) is 6.67. The van der Waals surface area contributed by atoms with Crippen LogP contribution in [0.4, 0.5) is 11.5 Å². The number of nitrogens with one attached hydrogen (secondary N) is 2. The summed E-state index contributed by atoms with van der Waals surface area (Å²) < 4.78 is 0. The molecule has 0 amide bonds. The Hall–Kier alpha value is -1.87. The molecule has 0 fully saturated rings. The highest BCUT2D eigenvalue weighted by molar-refractivity contribution is 5.57. The lowest BCUT2D eigenvalue weighted by molar-refractivity contribution is 0.641. The van der Waals surface area contributed by atoms with Gasteiger partial charge in [0.25, 0.3) is 0 Å². The summed E-state index contributed by atoms with van der Waals surface area (Å²) in [4.78, 5) is 4.44. The zero-order valence-corrected chi connectivity index (χ0v) is 9.61. The van der Waals surface area contributed by atoms with E-state index in [0.717, 1.165) is 31.0 Å². The Bertz CT molecular complexity index is 508. The lowest BCUT2D eigenvalue weighted by Crippen LogP contribution is -2.23. The third-order valence-corrected chi connectivity index (χ3v) is 3.02. The normalized spacial score (nSPS) is 14.1. The van der Waals surface area contributed by atoms with Gasteiger partial charge in [0.1, 0.15) is 5.82 Å². The third-order valence-electron chi connectivity index (χ3n) is 3.02. The summed E-state index contributed by atoms with van der Waals surface area (Å²) in [6, 6.07) is 12.3. The van der Waals surface area contributed by atoms with E-state index in [4.69, 9.17) is 0 Å². The zero-order chi connectivity index (χ0) is 11.5. The number of anilines is 2. The number of para-hydroxylation sites is 1. The van der Waals surface area contributed by atoms with Gasteiger partial charge in [-0.3, -0.25) is 0 Å². The molecule has 0 bridgehead atoms. The van der Waals surface area contributed by atoms with Crippen molar-refractivity contribution in [1.82, 2.24) is 10.3 Å². The molecule has 3 nitrogen and oxygen atoms in total. The van der Waals surface area contributed by atoms with E-state index in [1.165, 1.54) is 11.1 Å². The Labute approximate surface area is 101 Å². The van der Waals surface area contributed by atoms with E-state index < -0.39 is 0 Å². The van der Waals surface area contributed by atoms with Crippen LogP contribution in [0.2, 0.25) is 0 Å². The first-order chi connectivity index (χ1) is 8.42. The Morgan fingerprint density at radius 3 is 2.88 bits per heavy atom. The van der Waals surface area contributed by atoms with Crippen molar-refractivity contribution < 1.29 is 0 Å². The van der Waals surface area contributed by atoms with Crippen molar-refractivity contribution in [1.29, 1.82) is 0 Å². The van der Waals surface area contributed by atoms with Gasteiger partial charge in [-0.25, -0.2) is 4.98 Å². The number of fused-ring (bicyclic) bond motifs is 1. The second-order valence-electron chi connectivity index (χ2n) is 4.26. The third kappa shape index (κ3) is 2.29. The molecular formula is C14H15N3. The molecule has 1 aromatic heterocycles. The molecule has 1 aromatic carbocycles. The number of hydrogen-bond acceptors (Lipinski definition) is 3. The monoisotopic (exact) mass is 225 g/mol. The van der Waals surface area contributed by atoms with E-state index in [9.17, 15) is 0 Å². The Kier molecular flexibility index (Phi) is 2.76. The summed E-state index contributed by atoms with van der Waals surface area (Å²) in [7, 11) is 0. The average molecular weight is 225 g/mol. The molecule has 1 aliphatic heterocycles. The standard InChI is InChI=1S/C14H15N3/c1-2-4-13(5-3-1)17-14-8-11-6-7-15-9-12(11)10-16-14/h1-5,8,10,15H,6-7,9H2,(H,16,17). The zero-order valence-electron chi connectivity index (χ0n) is 9.61. The van der Waals surface area contributed by atoms with Crippen molar-refractivity contribution in [2.24, 2.45) is 0 Å². The maximum Gasteiger partial charge on any atom is 0.130 e. The largest absolute Gasteiger partial charge is 0.340 e. The van der Waals surface area contributed by atoms with Gasteiger partial charge in [0, 0.05) is 18.4 Å². The molecule has 2 N–H and O–H groups in total. The molecule has 0 saturated carbocycles. The fraction of sp³-hybridized carbons (Fsp3) is 0.214. The molecule has 0 spiro atoms.